The molecule has 0 saturated carbocycles. The van der Waals surface area contributed by atoms with Crippen LogP contribution in [0.25, 0.3) is 10.9 Å². The molecule has 4 aromatic rings. The van der Waals surface area contributed by atoms with Crippen molar-refractivity contribution >= 4 is 40.0 Å². The van der Waals surface area contributed by atoms with Gasteiger partial charge in [0.05, 0.1) is 27.2 Å². The van der Waals surface area contributed by atoms with Gasteiger partial charge in [-0.05, 0) is 82.1 Å². The van der Waals surface area contributed by atoms with Crippen LogP contribution in [0.5, 0.6) is 5.75 Å². The molecule has 2 heterocycles. The fraction of sp³-hybridized carbons (Fsp3) is 0.400. The molecule has 228 valence electrons. The van der Waals surface area contributed by atoms with E-state index in [2.05, 4.69) is 50.0 Å². The Hall–Kier alpha value is -3.03. The molecule has 0 spiro atoms. The van der Waals surface area contributed by atoms with E-state index >= 15 is 0 Å². The molecule has 0 radical (unpaired) electrons. The number of halogens is 2. The summed E-state index contributed by atoms with van der Waals surface area (Å²) in [6, 6.07) is 22.1. The molecule has 0 atom stereocenters. The van der Waals surface area contributed by atoms with Crippen LogP contribution in [0.1, 0.15) is 48.2 Å². The van der Waals surface area contributed by atoms with Crippen LogP contribution in [0.15, 0.2) is 72.9 Å². The molecule has 5 rings (SSSR count). The van der Waals surface area contributed by atoms with E-state index in [0.717, 1.165) is 80.9 Å². The summed E-state index contributed by atoms with van der Waals surface area (Å²) in [5, 5.41) is 4.93. The van der Waals surface area contributed by atoms with Gasteiger partial charge in [0.25, 0.3) is 5.91 Å². The number of nitrogens with one attached hydrogen (secondary N) is 1. The van der Waals surface area contributed by atoms with Crippen molar-refractivity contribution in [2.45, 2.75) is 52.3 Å². The fourth-order valence-electron chi connectivity index (χ4n) is 5.83. The topological polar surface area (TPSA) is 49.7 Å². The molecule has 0 aliphatic carbocycles. The van der Waals surface area contributed by atoms with E-state index in [9.17, 15) is 4.79 Å². The number of aromatic nitrogens is 1. The molecule has 0 unspecified atom stereocenters. The van der Waals surface area contributed by atoms with Crippen molar-refractivity contribution in [3.63, 3.8) is 0 Å². The van der Waals surface area contributed by atoms with Gasteiger partial charge in [-0.3, -0.25) is 4.79 Å². The summed E-state index contributed by atoms with van der Waals surface area (Å²) in [4.78, 5) is 18.6. The van der Waals surface area contributed by atoms with Gasteiger partial charge in [0.15, 0.2) is 0 Å². The van der Waals surface area contributed by atoms with Gasteiger partial charge >= 0.3 is 0 Å². The van der Waals surface area contributed by atoms with Gasteiger partial charge < -0.3 is 24.4 Å². The second-order valence-corrected chi connectivity index (χ2v) is 12.4. The van der Waals surface area contributed by atoms with Crippen molar-refractivity contribution in [2.24, 2.45) is 0 Å². The van der Waals surface area contributed by atoms with Crippen LogP contribution >= 0.6 is 23.2 Å². The van der Waals surface area contributed by atoms with Crippen molar-refractivity contribution < 1.29 is 9.53 Å². The SMILES string of the molecule is CC(C)Oc1cccc2c(C(=O)NCc3ccc(Cl)c(Cl)c3)cn(CCCN3CCCN(CCc4ccccc4)CC3)c12. The highest BCUT2D eigenvalue weighted by Gasteiger charge is 2.20. The number of hydrogen-bond acceptors (Lipinski definition) is 4. The van der Waals surface area contributed by atoms with E-state index in [0.29, 0.717) is 22.2 Å². The number of hydrogen-bond donors (Lipinski definition) is 1. The second-order valence-electron chi connectivity index (χ2n) is 11.6. The lowest BCUT2D eigenvalue weighted by Crippen LogP contribution is -2.32. The molecular formula is C35H42Cl2N4O2. The smallest absolute Gasteiger partial charge is 0.253 e. The standard InChI is InChI=1S/C35H42Cl2N4O2/c1-26(2)43-33-12-6-11-29-30(35(42)38-24-28-13-14-31(36)32(37)23-28)25-41(34(29)33)19-8-18-39-16-7-17-40(22-21-39)20-15-27-9-4-3-5-10-27/h3-6,9-14,23,25-26H,7-8,15-22,24H2,1-2H3,(H,38,42). The van der Waals surface area contributed by atoms with E-state index in [1.54, 1.807) is 12.1 Å². The van der Waals surface area contributed by atoms with Crippen LogP contribution in [0.3, 0.4) is 0 Å². The average Bonchev–Trinajstić information content (AvgIpc) is 3.22. The molecular weight excluding hydrogens is 579 g/mol. The minimum Gasteiger partial charge on any atom is -0.489 e. The maximum Gasteiger partial charge on any atom is 0.253 e. The highest BCUT2D eigenvalue weighted by molar-refractivity contribution is 6.42. The van der Waals surface area contributed by atoms with Gasteiger partial charge in [-0.15, -0.1) is 0 Å². The second kappa shape index (κ2) is 15.1. The summed E-state index contributed by atoms with van der Waals surface area (Å²) in [6.07, 6.45) is 5.30. The van der Waals surface area contributed by atoms with Crippen LogP contribution in [0.2, 0.25) is 10.0 Å². The molecule has 8 heteroatoms. The number of carbonyl (C=O) groups excluding carboxylic acids is 1. The molecule has 1 fully saturated rings. The normalized spacial score (nSPS) is 14.7. The Labute approximate surface area is 265 Å². The number of benzene rings is 3. The molecule has 0 bridgehead atoms. The van der Waals surface area contributed by atoms with Crippen molar-refractivity contribution in [1.82, 2.24) is 19.7 Å². The largest absolute Gasteiger partial charge is 0.489 e. The Bertz CT molecular complexity index is 1500. The predicted octanol–water partition coefficient (Wildman–Crippen LogP) is 7.31. The van der Waals surface area contributed by atoms with Gasteiger partial charge in [0.2, 0.25) is 0 Å². The molecule has 1 aromatic heterocycles. The molecule has 1 N–H and O–H groups in total. The summed E-state index contributed by atoms with van der Waals surface area (Å²) >= 11 is 12.2. The third kappa shape index (κ3) is 8.54. The zero-order chi connectivity index (χ0) is 30.2. The van der Waals surface area contributed by atoms with E-state index in [4.69, 9.17) is 27.9 Å². The monoisotopic (exact) mass is 620 g/mol. The van der Waals surface area contributed by atoms with Crippen LogP contribution in [-0.2, 0) is 19.5 Å². The lowest BCUT2D eigenvalue weighted by Gasteiger charge is -2.22. The van der Waals surface area contributed by atoms with Crippen molar-refractivity contribution in [2.75, 3.05) is 39.3 Å². The van der Waals surface area contributed by atoms with Crippen LogP contribution < -0.4 is 10.1 Å². The number of nitrogens with zero attached hydrogens (tertiary/aromatic N) is 3. The summed E-state index contributed by atoms with van der Waals surface area (Å²) in [6.45, 7) is 11.8. The first-order valence-electron chi connectivity index (χ1n) is 15.4. The summed E-state index contributed by atoms with van der Waals surface area (Å²) in [5.74, 6) is 0.680. The predicted molar refractivity (Wildman–Crippen MR) is 178 cm³/mol. The Kier molecular flexibility index (Phi) is 11.0. The highest BCUT2D eigenvalue weighted by atomic mass is 35.5. The molecule has 1 aliphatic rings. The van der Waals surface area contributed by atoms with Gasteiger partial charge in [0.1, 0.15) is 5.75 Å². The average molecular weight is 622 g/mol. The van der Waals surface area contributed by atoms with Gasteiger partial charge in [0, 0.05) is 44.3 Å². The quantitative estimate of drug-likeness (QED) is 0.180. The zero-order valence-electron chi connectivity index (χ0n) is 25.2. The first-order chi connectivity index (χ1) is 20.9. The Morgan fingerprint density at radius 3 is 2.37 bits per heavy atom. The Balaban J connectivity index is 1.22. The fourth-order valence-corrected chi connectivity index (χ4v) is 6.15. The number of para-hydroxylation sites is 1. The van der Waals surface area contributed by atoms with E-state index in [1.165, 1.54) is 12.0 Å². The number of aryl methyl sites for hydroxylation is 1. The maximum atomic E-state index is 13.4. The van der Waals surface area contributed by atoms with Gasteiger partial charge in [-0.25, -0.2) is 0 Å². The first-order valence-corrected chi connectivity index (χ1v) is 16.1. The molecule has 1 aliphatic heterocycles. The van der Waals surface area contributed by atoms with Crippen molar-refractivity contribution in [1.29, 1.82) is 0 Å². The Morgan fingerprint density at radius 2 is 1.63 bits per heavy atom. The lowest BCUT2D eigenvalue weighted by molar-refractivity contribution is 0.0952. The van der Waals surface area contributed by atoms with E-state index in [1.807, 2.05) is 44.3 Å². The number of ether oxygens (including phenoxy) is 1. The van der Waals surface area contributed by atoms with Crippen LogP contribution in [0, 0.1) is 0 Å². The summed E-state index contributed by atoms with van der Waals surface area (Å²) in [7, 11) is 0. The molecule has 6 nitrogen and oxygen atoms in total. The minimum absolute atomic E-state index is 0.0304. The molecule has 3 aromatic carbocycles. The van der Waals surface area contributed by atoms with Crippen LogP contribution in [-0.4, -0.2) is 65.6 Å². The van der Waals surface area contributed by atoms with Crippen molar-refractivity contribution in [3.05, 3.63) is 99.7 Å². The Morgan fingerprint density at radius 1 is 0.860 bits per heavy atom. The lowest BCUT2D eigenvalue weighted by atomic mass is 10.1. The molecule has 1 amide bonds. The zero-order valence-corrected chi connectivity index (χ0v) is 26.7. The number of amides is 1. The van der Waals surface area contributed by atoms with Crippen LogP contribution in [0.4, 0.5) is 0 Å². The van der Waals surface area contributed by atoms with Crippen molar-refractivity contribution in [3.8, 4) is 5.75 Å². The van der Waals surface area contributed by atoms with Gasteiger partial charge in [-0.1, -0.05) is 71.7 Å². The molecule has 1 saturated heterocycles. The number of carbonyl (C=O) groups is 1. The van der Waals surface area contributed by atoms with E-state index < -0.39 is 0 Å². The highest BCUT2D eigenvalue weighted by Crippen LogP contribution is 2.31. The molecule has 43 heavy (non-hydrogen) atoms. The van der Waals surface area contributed by atoms with E-state index in [-0.39, 0.29) is 12.0 Å². The number of fused-ring (bicyclic) bond motifs is 1. The summed E-state index contributed by atoms with van der Waals surface area (Å²) in [5.41, 5.74) is 3.92. The summed E-state index contributed by atoms with van der Waals surface area (Å²) < 4.78 is 8.40. The minimum atomic E-state index is -0.125. The third-order valence-electron chi connectivity index (χ3n) is 8.02. The number of rotatable bonds is 12. The first kappa shape index (κ1) is 31.4. The van der Waals surface area contributed by atoms with Gasteiger partial charge in [-0.2, -0.15) is 0 Å². The maximum absolute atomic E-state index is 13.4. The third-order valence-corrected chi connectivity index (χ3v) is 8.76.